The number of hydrogen-bond donors (Lipinski definition) is 1. The Morgan fingerprint density at radius 2 is 2.04 bits per heavy atom. The first kappa shape index (κ1) is 14.1. The van der Waals surface area contributed by atoms with Crippen LogP contribution < -0.4 is 4.74 Å². The summed E-state index contributed by atoms with van der Waals surface area (Å²) in [6.07, 6.45) is 0. The van der Waals surface area contributed by atoms with Crippen LogP contribution in [0.4, 0.5) is 0 Å². The van der Waals surface area contributed by atoms with Crippen molar-refractivity contribution < 1.29 is 4.74 Å². The Kier molecular flexibility index (Phi) is 3.41. The van der Waals surface area contributed by atoms with Gasteiger partial charge in [-0.1, -0.05) is 6.07 Å². The van der Waals surface area contributed by atoms with E-state index in [0.717, 1.165) is 43.2 Å². The summed E-state index contributed by atoms with van der Waals surface area (Å²) in [6.45, 7) is 0. The molecular formula is C18H12N2OS2. The van der Waals surface area contributed by atoms with Crippen LogP contribution in [0.3, 0.4) is 0 Å². The van der Waals surface area contributed by atoms with Gasteiger partial charge in [-0.25, -0.2) is 0 Å². The molecule has 4 aromatic rings. The highest BCUT2D eigenvalue weighted by Gasteiger charge is 2.19. The van der Waals surface area contributed by atoms with E-state index in [2.05, 4.69) is 28.6 Å². The molecule has 23 heavy (non-hydrogen) atoms. The van der Waals surface area contributed by atoms with Crippen LogP contribution in [-0.2, 0) is 0 Å². The lowest BCUT2D eigenvalue weighted by Crippen LogP contribution is -1.82. The number of hydrogen-bond acceptors (Lipinski definition) is 4. The lowest BCUT2D eigenvalue weighted by molar-refractivity contribution is 0.415. The molecule has 3 aromatic heterocycles. The summed E-state index contributed by atoms with van der Waals surface area (Å²) in [5.74, 6) is 0.814. The van der Waals surface area contributed by atoms with Gasteiger partial charge in [-0.3, -0.25) is 0 Å². The quantitative estimate of drug-likeness (QED) is 0.536. The second kappa shape index (κ2) is 5.58. The summed E-state index contributed by atoms with van der Waals surface area (Å²) in [5.41, 5.74) is 4.14. The first-order chi connectivity index (χ1) is 11.3. The zero-order valence-electron chi connectivity index (χ0n) is 12.3. The number of nitrogens with zero attached hydrogens (tertiary/aromatic N) is 1. The van der Waals surface area contributed by atoms with Crippen molar-refractivity contribution in [3.63, 3.8) is 0 Å². The molecule has 0 saturated carbocycles. The molecular weight excluding hydrogens is 324 g/mol. The predicted octanol–water partition coefficient (Wildman–Crippen LogP) is 5.51. The minimum atomic E-state index is 0.736. The molecule has 0 unspecified atom stereocenters. The molecule has 0 amide bonds. The first-order valence-corrected chi connectivity index (χ1v) is 8.79. The third-order valence-corrected chi connectivity index (χ3v) is 5.52. The summed E-state index contributed by atoms with van der Waals surface area (Å²) < 4.78 is 5.33. The Morgan fingerprint density at radius 1 is 1.13 bits per heavy atom. The van der Waals surface area contributed by atoms with E-state index < -0.39 is 0 Å². The van der Waals surface area contributed by atoms with Crippen molar-refractivity contribution in [1.82, 2.24) is 4.98 Å². The van der Waals surface area contributed by atoms with E-state index >= 15 is 0 Å². The predicted molar refractivity (Wildman–Crippen MR) is 96.2 cm³/mol. The van der Waals surface area contributed by atoms with Gasteiger partial charge in [-0.15, -0.1) is 22.7 Å². The molecule has 0 fully saturated rings. The van der Waals surface area contributed by atoms with Crippen LogP contribution in [0.5, 0.6) is 5.75 Å². The van der Waals surface area contributed by atoms with E-state index in [1.165, 1.54) is 11.3 Å². The summed E-state index contributed by atoms with van der Waals surface area (Å²) in [7, 11) is 1.66. The van der Waals surface area contributed by atoms with Crippen LogP contribution in [-0.4, -0.2) is 12.1 Å². The molecule has 3 nitrogen and oxygen atoms in total. The number of H-pyrrole nitrogens is 1. The van der Waals surface area contributed by atoms with Gasteiger partial charge < -0.3 is 9.72 Å². The van der Waals surface area contributed by atoms with E-state index in [4.69, 9.17) is 4.74 Å². The average Bonchev–Trinajstić information content (AvgIpc) is 3.31. The molecule has 0 aliphatic carbocycles. The number of nitrogens with one attached hydrogen (secondary N) is 1. The topological polar surface area (TPSA) is 48.8 Å². The molecule has 0 radical (unpaired) electrons. The summed E-state index contributed by atoms with van der Waals surface area (Å²) in [4.78, 5) is 5.40. The van der Waals surface area contributed by atoms with Crippen LogP contribution >= 0.6 is 22.7 Å². The van der Waals surface area contributed by atoms with Gasteiger partial charge in [-0.2, -0.15) is 5.26 Å². The third-order valence-electron chi connectivity index (χ3n) is 3.81. The van der Waals surface area contributed by atoms with E-state index in [9.17, 15) is 5.26 Å². The largest absolute Gasteiger partial charge is 0.497 e. The fourth-order valence-electron chi connectivity index (χ4n) is 2.78. The van der Waals surface area contributed by atoms with Gasteiger partial charge in [0.05, 0.1) is 23.2 Å². The van der Waals surface area contributed by atoms with Crippen molar-refractivity contribution in [3.8, 4) is 33.5 Å². The van der Waals surface area contributed by atoms with Crippen molar-refractivity contribution in [2.75, 3.05) is 7.11 Å². The van der Waals surface area contributed by atoms with Gasteiger partial charge in [-0.05, 0) is 35.0 Å². The summed E-state index contributed by atoms with van der Waals surface area (Å²) >= 11 is 3.16. The second-order valence-electron chi connectivity index (χ2n) is 5.04. The summed E-state index contributed by atoms with van der Waals surface area (Å²) in [6, 6.07) is 14.5. The van der Waals surface area contributed by atoms with Gasteiger partial charge in [0.25, 0.3) is 0 Å². The Hall–Kier alpha value is -2.55. The molecule has 3 heterocycles. The second-order valence-corrected chi connectivity index (χ2v) is 6.90. The molecule has 0 aliphatic rings. The van der Waals surface area contributed by atoms with E-state index in [1.54, 1.807) is 18.4 Å². The first-order valence-electron chi connectivity index (χ1n) is 7.03. The van der Waals surface area contributed by atoms with Gasteiger partial charge in [0.1, 0.15) is 16.7 Å². The van der Waals surface area contributed by atoms with E-state index in [0.29, 0.717) is 0 Å². The third kappa shape index (κ3) is 2.24. The SMILES string of the molecule is COc1ccc2c(-c3ccsc3C#N)c(-c3cccs3)[nH]c2c1. The number of nitriles is 1. The standard InChI is InChI=1S/C18H12N2OS2/c1-21-11-4-5-12-14(9-11)20-18(15-3-2-7-22-15)17(12)13-6-8-23-16(13)10-19/h2-9,20H,1H3. The van der Waals surface area contributed by atoms with Crippen LogP contribution in [0.2, 0.25) is 0 Å². The smallest absolute Gasteiger partial charge is 0.120 e. The normalized spacial score (nSPS) is 10.8. The molecule has 0 atom stereocenters. The van der Waals surface area contributed by atoms with Crippen LogP contribution in [0.15, 0.2) is 47.2 Å². The Labute approximate surface area is 141 Å². The van der Waals surface area contributed by atoms with Gasteiger partial charge in [0, 0.05) is 22.6 Å². The van der Waals surface area contributed by atoms with E-state index in [-0.39, 0.29) is 0 Å². The number of fused-ring (bicyclic) bond motifs is 1. The molecule has 0 saturated heterocycles. The molecule has 1 N–H and O–H groups in total. The maximum atomic E-state index is 9.41. The summed E-state index contributed by atoms with van der Waals surface area (Å²) in [5, 5.41) is 14.5. The fourth-order valence-corrected chi connectivity index (χ4v) is 4.20. The van der Waals surface area contributed by atoms with E-state index in [1.807, 2.05) is 29.6 Å². The minimum Gasteiger partial charge on any atom is -0.497 e. The maximum absolute atomic E-state index is 9.41. The maximum Gasteiger partial charge on any atom is 0.120 e. The van der Waals surface area contributed by atoms with Crippen LogP contribution in [0.1, 0.15) is 4.88 Å². The van der Waals surface area contributed by atoms with Gasteiger partial charge in [0.2, 0.25) is 0 Å². The van der Waals surface area contributed by atoms with Crippen molar-refractivity contribution in [2.45, 2.75) is 0 Å². The lowest BCUT2D eigenvalue weighted by atomic mass is 10.0. The number of methoxy groups -OCH3 is 1. The van der Waals surface area contributed by atoms with Crippen molar-refractivity contribution in [2.24, 2.45) is 0 Å². The average molecular weight is 336 g/mol. The number of aromatic amines is 1. The Morgan fingerprint density at radius 3 is 2.78 bits per heavy atom. The fraction of sp³-hybridized carbons (Fsp3) is 0.0556. The number of rotatable bonds is 3. The highest BCUT2D eigenvalue weighted by molar-refractivity contribution is 7.13. The number of aromatic nitrogens is 1. The molecule has 0 spiro atoms. The van der Waals surface area contributed by atoms with Crippen molar-refractivity contribution >= 4 is 33.6 Å². The minimum absolute atomic E-state index is 0.736. The molecule has 0 aliphatic heterocycles. The van der Waals surface area contributed by atoms with Crippen LogP contribution in [0, 0.1) is 11.3 Å². The monoisotopic (exact) mass is 336 g/mol. The zero-order chi connectivity index (χ0) is 15.8. The van der Waals surface area contributed by atoms with Crippen molar-refractivity contribution in [3.05, 3.63) is 52.0 Å². The van der Waals surface area contributed by atoms with Gasteiger partial charge in [0.15, 0.2) is 0 Å². The molecule has 112 valence electrons. The Bertz CT molecular complexity index is 1020. The van der Waals surface area contributed by atoms with Crippen LogP contribution in [0.25, 0.3) is 32.6 Å². The molecule has 1 aromatic carbocycles. The highest BCUT2D eigenvalue weighted by Crippen LogP contribution is 2.42. The highest BCUT2D eigenvalue weighted by atomic mass is 32.1. The molecule has 4 rings (SSSR count). The lowest BCUT2D eigenvalue weighted by Gasteiger charge is -2.03. The molecule has 5 heteroatoms. The number of benzene rings is 1. The zero-order valence-corrected chi connectivity index (χ0v) is 13.9. The number of thiophene rings is 2. The van der Waals surface area contributed by atoms with Crippen molar-refractivity contribution in [1.29, 1.82) is 5.26 Å². The number of ether oxygens (including phenoxy) is 1. The van der Waals surface area contributed by atoms with Gasteiger partial charge >= 0.3 is 0 Å². The molecule has 0 bridgehead atoms. The Balaban J connectivity index is 2.07.